The van der Waals surface area contributed by atoms with Crippen molar-refractivity contribution in [2.24, 2.45) is 0 Å². The number of carbonyl (C=O) groups is 1. The van der Waals surface area contributed by atoms with Crippen LogP contribution in [0.3, 0.4) is 0 Å². The summed E-state index contributed by atoms with van der Waals surface area (Å²) in [6, 6.07) is 15.6. The van der Waals surface area contributed by atoms with E-state index in [0.717, 1.165) is 28.6 Å². The van der Waals surface area contributed by atoms with E-state index in [-0.39, 0.29) is 17.4 Å². The summed E-state index contributed by atoms with van der Waals surface area (Å²) in [7, 11) is -4.17. The standard InChI is InChI=1S/C23H21FN2O6S/c1-2-30-19-8-6-18(7-9-19)26(33(28,29)20-10-3-16(24)4-11-20)14-23(27)25-17-5-12-21-22(13-17)32-15-31-21/h3-13H,2,14-15H2,1H3,(H,25,27). The second-order valence-corrected chi connectivity index (χ2v) is 8.87. The SMILES string of the molecule is CCOc1ccc(N(CC(=O)Nc2ccc3c(c2)OCO3)S(=O)(=O)c2ccc(F)cc2)cc1. The minimum Gasteiger partial charge on any atom is -0.494 e. The van der Waals surface area contributed by atoms with Crippen LogP contribution in [0.15, 0.2) is 71.6 Å². The predicted molar refractivity (Wildman–Crippen MR) is 120 cm³/mol. The summed E-state index contributed by atoms with van der Waals surface area (Å²) in [5.41, 5.74) is 0.679. The van der Waals surface area contributed by atoms with Crippen LogP contribution in [0, 0.1) is 5.82 Å². The molecule has 4 rings (SSSR count). The molecule has 8 nitrogen and oxygen atoms in total. The molecule has 33 heavy (non-hydrogen) atoms. The van der Waals surface area contributed by atoms with E-state index in [1.807, 2.05) is 6.92 Å². The molecule has 1 amide bonds. The van der Waals surface area contributed by atoms with Gasteiger partial charge in [-0.2, -0.15) is 0 Å². The molecular formula is C23H21FN2O6S. The molecule has 0 saturated carbocycles. The highest BCUT2D eigenvalue weighted by atomic mass is 32.2. The van der Waals surface area contributed by atoms with Crippen molar-refractivity contribution in [2.75, 3.05) is 29.6 Å². The zero-order valence-corrected chi connectivity index (χ0v) is 18.5. The maximum Gasteiger partial charge on any atom is 0.264 e. The average Bonchev–Trinajstić information content (AvgIpc) is 3.26. The van der Waals surface area contributed by atoms with Crippen LogP contribution >= 0.6 is 0 Å². The van der Waals surface area contributed by atoms with E-state index < -0.39 is 28.3 Å². The number of carbonyl (C=O) groups excluding carboxylic acids is 1. The molecular weight excluding hydrogens is 451 g/mol. The van der Waals surface area contributed by atoms with Crippen molar-refractivity contribution in [1.29, 1.82) is 0 Å². The fraction of sp³-hybridized carbons (Fsp3) is 0.174. The molecule has 0 aromatic heterocycles. The maximum absolute atomic E-state index is 13.4. The van der Waals surface area contributed by atoms with E-state index in [4.69, 9.17) is 14.2 Å². The predicted octanol–water partition coefficient (Wildman–Crippen LogP) is 3.79. The Hall–Kier alpha value is -3.79. The summed E-state index contributed by atoms with van der Waals surface area (Å²) < 4.78 is 57.0. The molecule has 0 saturated heterocycles. The smallest absolute Gasteiger partial charge is 0.264 e. The van der Waals surface area contributed by atoms with E-state index in [1.165, 1.54) is 0 Å². The molecule has 1 aliphatic rings. The third-order valence-electron chi connectivity index (χ3n) is 4.78. The van der Waals surface area contributed by atoms with Gasteiger partial charge < -0.3 is 19.5 Å². The highest BCUT2D eigenvalue weighted by Crippen LogP contribution is 2.34. The lowest BCUT2D eigenvalue weighted by Crippen LogP contribution is -2.38. The summed E-state index contributed by atoms with van der Waals surface area (Å²) in [5, 5.41) is 2.67. The summed E-state index contributed by atoms with van der Waals surface area (Å²) in [5.74, 6) is 0.457. The maximum atomic E-state index is 13.4. The largest absolute Gasteiger partial charge is 0.494 e. The summed E-state index contributed by atoms with van der Waals surface area (Å²) in [4.78, 5) is 12.7. The molecule has 0 spiro atoms. The van der Waals surface area contributed by atoms with Crippen LogP contribution in [0.2, 0.25) is 0 Å². The Balaban J connectivity index is 1.61. The highest BCUT2D eigenvalue weighted by Gasteiger charge is 2.27. The van der Waals surface area contributed by atoms with Gasteiger partial charge in [0.2, 0.25) is 12.7 Å². The van der Waals surface area contributed by atoms with Gasteiger partial charge in [0.25, 0.3) is 10.0 Å². The molecule has 1 N–H and O–H groups in total. The number of fused-ring (bicyclic) bond motifs is 1. The van der Waals surface area contributed by atoms with Crippen molar-refractivity contribution in [3.8, 4) is 17.2 Å². The van der Waals surface area contributed by atoms with Gasteiger partial charge in [-0.05, 0) is 67.6 Å². The number of hydrogen-bond acceptors (Lipinski definition) is 6. The molecule has 0 bridgehead atoms. The number of anilines is 2. The van der Waals surface area contributed by atoms with Gasteiger partial charge in [0.05, 0.1) is 17.2 Å². The first-order valence-corrected chi connectivity index (χ1v) is 11.5. The number of sulfonamides is 1. The fourth-order valence-corrected chi connectivity index (χ4v) is 4.65. The Labute approximate surface area is 190 Å². The van der Waals surface area contributed by atoms with Crippen molar-refractivity contribution in [3.05, 3.63) is 72.5 Å². The highest BCUT2D eigenvalue weighted by molar-refractivity contribution is 7.92. The van der Waals surface area contributed by atoms with Gasteiger partial charge in [-0.25, -0.2) is 12.8 Å². The van der Waals surface area contributed by atoms with Gasteiger partial charge in [-0.3, -0.25) is 9.10 Å². The number of nitrogens with zero attached hydrogens (tertiary/aromatic N) is 1. The quantitative estimate of drug-likeness (QED) is 0.536. The minimum absolute atomic E-state index is 0.0914. The molecule has 0 radical (unpaired) electrons. The number of benzene rings is 3. The Kier molecular flexibility index (Phi) is 6.36. The summed E-state index contributed by atoms with van der Waals surface area (Å²) in [6.45, 7) is 1.87. The van der Waals surface area contributed by atoms with E-state index in [9.17, 15) is 17.6 Å². The van der Waals surface area contributed by atoms with Crippen LogP contribution in [0.1, 0.15) is 6.92 Å². The first-order valence-electron chi connectivity index (χ1n) is 10.1. The Bertz CT molecular complexity index is 1250. The third kappa shape index (κ3) is 5.01. The van der Waals surface area contributed by atoms with E-state index in [1.54, 1.807) is 42.5 Å². The molecule has 0 atom stereocenters. The monoisotopic (exact) mass is 472 g/mol. The lowest BCUT2D eigenvalue weighted by Gasteiger charge is -2.24. The van der Waals surface area contributed by atoms with Crippen molar-refractivity contribution < 1.29 is 31.8 Å². The molecule has 0 fully saturated rings. The second kappa shape index (κ2) is 9.37. The first-order chi connectivity index (χ1) is 15.9. The van der Waals surface area contributed by atoms with Gasteiger partial charge in [-0.1, -0.05) is 0 Å². The Morgan fingerprint density at radius 3 is 2.42 bits per heavy atom. The van der Waals surface area contributed by atoms with Crippen LogP contribution in [0.5, 0.6) is 17.2 Å². The summed E-state index contributed by atoms with van der Waals surface area (Å²) >= 11 is 0. The molecule has 10 heteroatoms. The first kappa shape index (κ1) is 22.4. The fourth-order valence-electron chi connectivity index (χ4n) is 3.23. The van der Waals surface area contributed by atoms with Crippen molar-refractivity contribution in [1.82, 2.24) is 0 Å². The molecule has 0 unspecified atom stereocenters. The normalized spacial score (nSPS) is 12.3. The molecule has 3 aromatic rings. The van der Waals surface area contributed by atoms with Gasteiger partial charge in [-0.15, -0.1) is 0 Å². The number of nitrogens with one attached hydrogen (secondary N) is 1. The number of hydrogen-bond donors (Lipinski definition) is 1. The number of amides is 1. The van der Waals surface area contributed by atoms with E-state index >= 15 is 0 Å². The Morgan fingerprint density at radius 1 is 1.03 bits per heavy atom. The minimum atomic E-state index is -4.17. The van der Waals surface area contributed by atoms with Crippen LogP contribution in [-0.4, -0.2) is 34.3 Å². The second-order valence-electron chi connectivity index (χ2n) is 7.01. The van der Waals surface area contributed by atoms with E-state index in [2.05, 4.69) is 5.32 Å². The van der Waals surface area contributed by atoms with Crippen LogP contribution in [0.4, 0.5) is 15.8 Å². The zero-order valence-electron chi connectivity index (χ0n) is 17.7. The molecule has 3 aromatic carbocycles. The van der Waals surface area contributed by atoms with Crippen LogP contribution < -0.4 is 23.8 Å². The third-order valence-corrected chi connectivity index (χ3v) is 6.57. The van der Waals surface area contributed by atoms with E-state index in [0.29, 0.717) is 29.5 Å². The number of ether oxygens (including phenoxy) is 3. The average molecular weight is 472 g/mol. The Morgan fingerprint density at radius 2 is 1.73 bits per heavy atom. The topological polar surface area (TPSA) is 94.2 Å². The summed E-state index contributed by atoms with van der Waals surface area (Å²) in [6.07, 6.45) is 0. The van der Waals surface area contributed by atoms with Gasteiger partial charge in [0.15, 0.2) is 11.5 Å². The zero-order chi connectivity index (χ0) is 23.4. The van der Waals surface area contributed by atoms with Crippen LogP contribution in [0.25, 0.3) is 0 Å². The molecule has 1 aliphatic heterocycles. The number of halogens is 1. The van der Waals surface area contributed by atoms with Crippen molar-refractivity contribution in [3.63, 3.8) is 0 Å². The van der Waals surface area contributed by atoms with Crippen molar-refractivity contribution in [2.45, 2.75) is 11.8 Å². The van der Waals surface area contributed by atoms with Crippen molar-refractivity contribution >= 4 is 27.3 Å². The lowest BCUT2D eigenvalue weighted by atomic mass is 10.2. The molecule has 0 aliphatic carbocycles. The molecule has 172 valence electrons. The number of rotatable bonds is 8. The lowest BCUT2D eigenvalue weighted by molar-refractivity contribution is -0.114. The van der Waals surface area contributed by atoms with Gasteiger partial charge in [0.1, 0.15) is 18.1 Å². The molecule has 1 heterocycles. The van der Waals surface area contributed by atoms with Gasteiger partial charge >= 0.3 is 0 Å². The van der Waals surface area contributed by atoms with Crippen LogP contribution in [-0.2, 0) is 14.8 Å². The van der Waals surface area contributed by atoms with Gasteiger partial charge in [0, 0.05) is 11.8 Å².